The van der Waals surface area contributed by atoms with Gasteiger partial charge in [0.25, 0.3) is 0 Å². The molecule has 0 spiro atoms. The third-order valence-electron chi connectivity index (χ3n) is 4.11. The number of fused-ring (bicyclic) bond motifs is 3. The number of anilines is 1. The molecule has 5 nitrogen and oxygen atoms in total. The highest BCUT2D eigenvalue weighted by atomic mass is 16.5. The fraction of sp³-hybridized carbons (Fsp3) is 0.375. The van der Waals surface area contributed by atoms with Crippen LogP contribution in [0.3, 0.4) is 0 Å². The summed E-state index contributed by atoms with van der Waals surface area (Å²) in [5.41, 5.74) is 2.52. The topological polar surface area (TPSA) is 51.4 Å². The predicted octanol–water partition coefficient (Wildman–Crippen LogP) is 2.99. The Morgan fingerprint density at radius 1 is 1.29 bits per heavy atom. The van der Waals surface area contributed by atoms with Gasteiger partial charge in [0.2, 0.25) is 0 Å². The quantitative estimate of drug-likeness (QED) is 0.723. The number of hydrogen-bond acceptors (Lipinski definition) is 5. The van der Waals surface area contributed by atoms with Gasteiger partial charge in [0.15, 0.2) is 11.4 Å². The first kappa shape index (κ1) is 12.6. The van der Waals surface area contributed by atoms with E-state index in [4.69, 9.17) is 9.15 Å². The number of hydrogen-bond donors (Lipinski definition) is 0. The highest BCUT2D eigenvalue weighted by molar-refractivity contribution is 6.05. The molecule has 108 valence electrons. The maximum atomic E-state index is 6.02. The minimum Gasteiger partial charge on any atom is -0.450 e. The number of nitrogens with zero attached hydrogens (tertiary/aromatic N) is 3. The van der Waals surface area contributed by atoms with Gasteiger partial charge in [0.05, 0.1) is 19.3 Å². The van der Waals surface area contributed by atoms with Crippen LogP contribution in [-0.4, -0.2) is 35.8 Å². The second-order valence-electron chi connectivity index (χ2n) is 5.30. The molecule has 0 bridgehead atoms. The van der Waals surface area contributed by atoms with Crippen LogP contribution in [0.15, 0.2) is 35.0 Å². The zero-order valence-electron chi connectivity index (χ0n) is 12.0. The molecule has 21 heavy (non-hydrogen) atoms. The average Bonchev–Trinajstić information content (AvgIpc) is 2.93. The molecule has 1 aliphatic rings. The van der Waals surface area contributed by atoms with Gasteiger partial charge in [-0.25, -0.2) is 9.97 Å². The van der Waals surface area contributed by atoms with Crippen LogP contribution in [0, 0.1) is 0 Å². The zero-order chi connectivity index (χ0) is 14.2. The molecule has 1 fully saturated rings. The van der Waals surface area contributed by atoms with Crippen LogP contribution in [0.2, 0.25) is 0 Å². The molecule has 0 amide bonds. The van der Waals surface area contributed by atoms with Crippen molar-refractivity contribution in [3.05, 3.63) is 30.6 Å². The lowest BCUT2D eigenvalue weighted by Gasteiger charge is -2.35. The summed E-state index contributed by atoms with van der Waals surface area (Å²) in [5.74, 6) is 0.881. The Hall–Kier alpha value is -2.14. The van der Waals surface area contributed by atoms with Gasteiger partial charge in [-0.2, -0.15) is 0 Å². The average molecular weight is 283 g/mol. The first-order valence-corrected chi connectivity index (χ1v) is 7.35. The van der Waals surface area contributed by atoms with Gasteiger partial charge in [0.1, 0.15) is 17.4 Å². The van der Waals surface area contributed by atoms with Gasteiger partial charge in [0, 0.05) is 11.9 Å². The highest BCUT2D eigenvalue weighted by Crippen LogP contribution is 2.33. The Balaban J connectivity index is 1.92. The summed E-state index contributed by atoms with van der Waals surface area (Å²) < 4.78 is 11.6. The summed E-state index contributed by atoms with van der Waals surface area (Å²) in [4.78, 5) is 11.2. The van der Waals surface area contributed by atoms with Crippen molar-refractivity contribution in [3.8, 4) is 0 Å². The molecule has 0 aliphatic carbocycles. The van der Waals surface area contributed by atoms with Crippen molar-refractivity contribution in [1.82, 2.24) is 9.97 Å². The van der Waals surface area contributed by atoms with Gasteiger partial charge >= 0.3 is 0 Å². The number of para-hydroxylation sites is 1. The molecular weight excluding hydrogens is 266 g/mol. The second-order valence-corrected chi connectivity index (χ2v) is 5.30. The lowest BCUT2D eigenvalue weighted by Crippen LogP contribution is -2.45. The molecule has 1 aromatic carbocycles. The molecule has 2 aromatic heterocycles. The fourth-order valence-electron chi connectivity index (χ4n) is 2.99. The maximum Gasteiger partial charge on any atom is 0.196 e. The summed E-state index contributed by atoms with van der Waals surface area (Å²) in [6.07, 6.45) is 2.65. The SMILES string of the molecule is CCC1COCCN1c1ncnc2c1oc1ccccc12. The van der Waals surface area contributed by atoms with Crippen molar-refractivity contribution in [3.63, 3.8) is 0 Å². The van der Waals surface area contributed by atoms with Gasteiger partial charge < -0.3 is 14.1 Å². The summed E-state index contributed by atoms with van der Waals surface area (Å²) >= 11 is 0. The van der Waals surface area contributed by atoms with Crippen LogP contribution in [0.25, 0.3) is 22.1 Å². The Labute approximate surface area is 122 Å². The van der Waals surface area contributed by atoms with E-state index in [0.29, 0.717) is 6.04 Å². The Morgan fingerprint density at radius 2 is 2.19 bits per heavy atom. The van der Waals surface area contributed by atoms with Crippen molar-refractivity contribution in [2.75, 3.05) is 24.7 Å². The normalized spacial score (nSPS) is 19.5. The van der Waals surface area contributed by atoms with Gasteiger partial charge in [-0.1, -0.05) is 19.1 Å². The van der Waals surface area contributed by atoms with Gasteiger partial charge in [-0.3, -0.25) is 0 Å². The van der Waals surface area contributed by atoms with E-state index in [1.807, 2.05) is 24.3 Å². The molecule has 0 N–H and O–H groups in total. The van der Waals surface area contributed by atoms with E-state index in [0.717, 1.165) is 54.1 Å². The number of furan rings is 1. The van der Waals surface area contributed by atoms with E-state index in [2.05, 4.69) is 21.8 Å². The molecule has 3 heterocycles. The number of rotatable bonds is 2. The largest absolute Gasteiger partial charge is 0.450 e. The number of aromatic nitrogens is 2. The van der Waals surface area contributed by atoms with Crippen molar-refractivity contribution in [1.29, 1.82) is 0 Å². The molecule has 3 aromatic rings. The molecule has 1 aliphatic heterocycles. The molecule has 4 rings (SSSR count). The third kappa shape index (κ3) is 1.96. The minimum absolute atomic E-state index is 0.338. The Kier molecular flexibility index (Phi) is 3.00. The van der Waals surface area contributed by atoms with E-state index < -0.39 is 0 Å². The van der Waals surface area contributed by atoms with Crippen LogP contribution >= 0.6 is 0 Å². The first-order valence-electron chi connectivity index (χ1n) is 7.35. The molecular formula is C16H17N3O2. The molecule has 5 heteroatoms. The molecule has 0 radical (unpaired) electrons. The van der Waals surface area contributed by atoms with Crippen LogP contribution in [0.1, 0.15) is 13.3 Å². The van der Waals surface area contributed by atoms with E-state index in [-0.39, 0.29) is 0 Å². The smallest absolute Gasteiger partial charge is 0.196 e. The molecule has 1 saturated heterocycles. The molecule has 0 saturated carbocycles. The van der Waals surface area contributed by atoms with Crippen LogP contribution in [-0.2, 0) is 4.74 Å². The molecule has 1 atom stereocenters. The molecule has 1 unspecified atom stereocenters. The Morgan fingerprint density at radius 3 is 3.10 bits per heavy atom. The van der Waals surface area contributed by atoms with Crippen molar-refractivity contribution >= 4 is 27.9 Å². The van der Waals surface area contributed by atoms with E-state index in [1.54, 1.807) is 6.33 Å². The van der Waals surface area contributed by atoms with Crippen LogP contribution in [0.5, 0.6) is 0 Å². The first-order chi connectivity index (χ1) is 10.4. The second kappa shape index (κ2) is 5.00. The summed E-state index contributed by atoms with van der Waals surface area (Å²) in [7, 11) is 0. The van der Waals surface area contributed by atoms with Crippen molar-refractivity contribution in [2.24, 2.45) is 0 Å². The highest BCUT2D eigenvalue weighted by Gasteiger charge is 2.26. The minimum atomic E-state index is 0.338. The lowest BCUT2D eigenvalue weighted by molar-refractivity contribution is 0.0926. The third-order valence-corrected chi connectivity index (χ3v) is 4.11. The standard InChI is InChI=1S/C16H17N3O2/c1-2-11-9-20-8-7-19(11)16-15-14(17-10-18-16)12-5-3-4-6-13(12)21-15/h3-6,10-11H,2,7-9H2,1H3. The van der Waals surface area contributed by atoms with Crippen LogP contribution < -0.4 is 4.90 Å². The van der Waals surface area contributed by atoms with Crippen LogP contribution in [0.4, 0.5) is 5.82 Å². The zero-order valence-corrected chi connectivity index (χ0v) is 12.0. The van der Waals surface area contributed by atoms with Gasteiger partial charge in [-0.05, 0) is 18.6 Å². The monoisotopic (exact) mass is 283 g/mol. The summed E-state index contributed by atoms with van der Waals surface area (Å²) in [5, 5.41) is 1.04. The number of morpholine rings is 1. The maximum absolute atomic E-state index is 6.02. The van der Waals surface area contributed by atoms with Crippen molar-refractivity contribution in [2.45, 2.75) is 19.4 Å². The lowest BCUT2D eigenvalue weighted by atomic mass is 10.1. The van der Waals surface area contributed by atoms with E-state index in [9.17, 15) is 0 Å². The number of benzene rings is 1. The predicted molar refractivity (Wildman–Crippen MR) is 81.6 cm³/mol. The summed E-state index contributed by atoms with van der Waals surface area (Å²) in [6.45, 7) is 4.47. The van der Waals surface area contributed by atoms with Crippen molar-refractivity contribution < 1.29 is 9.15 Å². The summed E-state index contributed by atoms with van der Waals surface area (Å²) in [6, 6.07) is 8.32. The van der Waals surface area contributed by atoms with E-state index >= 15 is 0 Å². The number of ether oxygens (including phenoxy) is 1. The Bertz CT molecular complexity index is 783. The van der Waals surface area contributed by atoms with Gasteiger partial charge in [-0.15, -0.1) is 0 Å². The fourth-order valence-corrected chi connectivity index (χ4v) is 2.99. The van der Waals surface area contributed by atoms with E-state index in [1.165, 1.54) is 0 Å².